The number of aromatic nitrogens is 2. The first-order valence-corrected chi connectivity index (χ1v) is 16.0. The number of allylic oxidation sites excluding steroid dienone is 1. The minimum absolute atomic E-state index is 0.00254. The summed E-state index contributed by atoms with van der Waals surface area (Å²) in [4.78, 5) is 32.3. The highest BCUT2D eigenvalue weighted by molar-refractivity contribution is 5.94. The van der Waals surface area contributed by atoms with Crippen molar-refractivity contribution in [1.29, 1.82) is 10.8 Å². The van der Waals surface area contributed by atoms with Crippen LogP contribution in [0.4, 0.5) is 17.2 Å². The fourth-order valence-corrected chi connectivity index (χ4v) is 5.38. The fraction of sp³-hybridized carbons (Fsp3) is 0.270. The number of likely N-dealkylation sites (tertiary alicyclic amines) is 1. The second-order valence-corrected chi connectivity index (χ2v) is 11.9. The molecular formula is C37H41N7O5. The lowest BCUT2D eigenvalue weighted by Crippen LogP contribution is -2.49. The highest BCUT2D eigenvalue weighted by Gasteiger charge is 2.35. The average molecular weight is 664 g/mol. The Morgan fingerprint density at radius 2 is 1.67 bits per heavy atom. The van der Waals surface area contributed by atoms with E-state index in [-0.39, 0.29) is 23.8 Å². The Kier molecular flexibility index (Phi) is 11.7. The molecule has 0 unspecified atom stereocenters. The van der Waals surface area contributed by atoms with Gasteiger partial charge < -0.3 is 40.9 Å². The van der Waals surface area contributed by atoms with Crippen molar-refractivity contribution in [2.75, 3.05) is 36.9 Å². The lowest BCUT2D eigenvalue weighted by Gasteiger charge is -2.38. The van der Waals surface area contributed by atoms with E-state index in [1.807, 2.05) is 49.4 Å². The molecule has 1 aromatic heterocycles. The molecule has 1 amide bonds. The van der Waals surface area contributed by atoms with E-state index >= 15 is 0 Å². The van der Waals surface area contributed by atoms with Crippen LogP contribution in [-0.2, 0) is 22.6 Å². The van der Waals surface area contributed by atoms with Gasteiger partial charge in [0.05, 0.1) is 37.9 Å². The molecular weight excluding hydrogens is 622 g/mol. The van der Waals surface area contributed by atoms with Crippen LogP contribution >= 0.6 is 0 Å². The number of nitrogens with one attached hydrogen (secondary N) is 4. The van der Waals surface area contributed by atoms with Crippen LogP contribution in [0.3, 0.4) is 0 Å². The van der Waals surface area contributed by atoms with E-state index in [1.165, 1.54) is 10.9 Å². The zero-order valence-corrected chi connectivity index (χ0v) is 27.4. The maximum absolute atomic E-state index is 13.3. The summed E-state index contributed by atoms with van der Waals surface area (Å²) >= 11 is 0. The molecule has 1 aliphatic heterocycles. The molecule has 1 aliphatic rings. The summed E-state index contributed by atoms with van der Waals surface area (Å²) in [6.07, 6.45) is 5.63. The van der Waals surface area contributed by atoms with Crippen molar-refractivity contribution in [3.8, 4) is 0 Å². The van der Waals surface area contributed by atoms with E-state index in [2.05, 4.69) is 15.6 Å². The molecule has 5 N–H and O–H groups in total. The molecule has 254 valence electrons. The minimum atomic E-state index is -1.19. The number of carbonyl (C=O) groups is 1. The first kappa shape index (κ1) is 34.7. The van der Waals surface area contributed by atoms with Gasteiger partial charge in [-0.25, -0.2) is 4.98 Å². The van der Waals surface area contributed by atoms with Gasteiger partial charge in [-0.1, -0.05) is 48.0 Å². The number of hydrogen-bond donors (Lipinski definition) is 5. The normalized spacial score (nSPS) is 14.2. The zero-order chi connectivity index (χ0) is 34.6. The number of hydrogen-bond acceptors (Lipinski definition) is 10. The third-order valence-electron chi connectivity index (χ3n) is 8.24. The number of ether oxygens (including phenoxy) is 2. The predicted octanol–water partition coefficient (Wildman–Crippen LogP) is 5.10. The second-order valence-electron chi connectivity index (χ2n) is 11.9. The average Bonchev–Trinajstić information content (AvgIpc) is 3.12. The summed E-state index contributed by atoms with van der Waals surface area (Å²) < 4.78 is 12.6. The van der Waals surface area contributed by atoms with Crippen molar-refractivity contribution in [1.82, 2.24) is 14.5 Å². The monoisotopic (exact) mass is 663 g/mol. The van der Waals surface area contributed by atoms with Crippen LogP contribution in [0.15, 0.2) is 102 Å². The first-order valence-electron chi connectivity index (χ1n) is 16.0. The third-order valence-corrected chi connectivity index (χ3v) is 8.24. The number of aliphatic hydroxyl groups is 1. The fourth-order valence-electron chi connectivity index (χ4n) is 5.38. The van der Waals surface area contributed by atoms with Gasteiger partial charge in [0, 0.05) is 42.4 Å². The van der Waals surface area contributed by atoms with E-state index in [0.29, 0.717) is 62.8 Å². The number of anilines is 3. The highest BCUT2D eigenvalue weighted by Crippen LogP contribution is 2.26. The van der Waals surface area contributed by atoms with Crippen LogP contribution in [0.1, 0.15) is 39.9 Å². The van der Waals surface area contributed by atoms with Gasteiger partial charge in [0.2, 0.25) is 0 Å². The molecule has 0 radical (unpaired) electrons. The predicted molar refractivity (Wildman–Crippen MR) is 190 cm³/mol. The molecule has 0 aliphatic carbocycles. The maximum Gasteiger partial charge on any atom is 0.264 e. The van der Waals surface area contributed by atoms with E-state index in [9.17, 15) is 14.7 Å². The molecule has 0 bridgehead atoms. The van der Waals surface area contributed by atoms with Crippen LogP contribution in [0.2, 0.25) is 0 Å². The number of piperidine rings is 1. The van der Waals surface area contributed by atoms with Crippen molar-refractivity contribution in [3.63, 3.8) is 0 Å². The van der Waals surface area contributed by atoms with Crippen molar-refractivity contribution < 1.29 is 19.4 Å². The van der Waals surface area contributed by atoms with Crippen LogP contribution in [0.5, 0.6) is 0 Å². The topological polar surface area (TPSA) is 166 Å². The molecule has 0 atom stereocenters. The standard InChI is InChI=1S/C37H41N7O5/c1-27-7-9-29(10-8-27)35(45)43-17-15-37(47,16-18-43)25-44-26-41-34(33(22-39)36(44)46)42-31-13-11-30(12-14-31)40-23-32(21-38)49-20-19-48-24-28-5-3-2-4-6-28/h2-14,21-23,26,38-40,42,47H,15-20,24-25H2,1H3/b32-23+,38-21?,39-22?. The number of amides is 1. The van der Waals surface area contributed by atoms with E-state index in [4.69, 9.17) is 20.3 Å². The molecule has 49 heavy (non-hydrogen) atoms. The summed E-state index contributed by atoms with van der Waals surface area (Å²) in [6.45, 7) is 3.87. The van der Waals surface area contributed by atoms with Crippen LogP contribution in [0.25, 0.3) is 0 Å². The van der Waals surface area contributed by atoms with Gasteiger partial charge in [0.1, 0.15) is 18.0 Å². The summed E-state index contributed by atoms with van der Waals surface area (Å²) in [5.74, 6) is 0.484. The summed E-state index contributed by atoms with van der Waals surface area (Å²) in [7, 11) is 0. The van der Waals surface area contributed by atoms with Crippen LogP contribution < -0.4 is 16.2 Å². The molecule has 2 heterocycles. The SMILES string of the molecule is Cc1ccc(C(=O)N2CCC(O)(Cn3cnc(Nc4ccc(N/C=C(\C=N)OCCOCc5ccccc5)cc4)c(C=N)c3=O)CC2)cc1. The quantitative estimate of drug-likeness (QED) is 0.0666. The Labute approximate surface area is 285 Å². The Morgan fingerprint density at radius 1 is 0.980 bits per heavy atom. The Balaban J connectivity index is 1.12. The van der Waals surface area contributed by atoms with Gasteiger partial charge in [-0.05, 0) is 61.7 Å². The first-order chi connectivity index (χ1) is 23.8. The number of rotatable bonds is 15. The Hall–Kier alpha value is -5.59. The lowest BCUT2D eigenvalue weighted by molar-refractivity contribution is -0.0300. The molecule has 4 aromatic rings. The van der Waals surface area contributed by atoms with Crippen molar-refractivity contribution in [3.05, 3.63) is 130 Å². The molecule has 1 fully saturated rings. The van der Waals surface area contributed by atoms with Gasteiger partial charge in [0.15, 0.2) is 5.76 Å². The molecule has 0 saturated carbocycles. The summed E-state index contributed by atoms with van der Waals surface area (Å²) in [6, 6.07) is 24.4. The van der Waals surface area contributed by atoms with Crippen molar-refractivity contribution in [2.24, 2.45) is 0 Å². The van der Waals surface area contributed by atoms with Gasteiger partial charge >= 0.3 is 0 Å². The Bertz CT molecular complexity index is 1820. The molecule has 1 saturated heterocycles. The largest absolute Gasteiger partial charge is 0.488 e. The van der Waals surface area contributed by atoms with E-state index in [1.54, 1.807) is 47.5 Å². The third kappa shape index (κ3) is 9.49. The molecule has 12 nitrogen and oxygen atoms in total. The van der Waals surface area contributed by atoms with E-state index in [0.717, 1.165) is 29.2 Å². The Morgan fingerprint density at radius 3 is 2.35 bits per heavy atom. The van der Waals surface area contributed by atoms with Gasteiger partial charge in [-0.3, -0.25) is 14.2 Å². The van der Waals surface area contributed by atoms with E-state index < -0.39 is 11.2 Å². The second kappa shape index (κ2) is 16.5. The maximum atomic E-state index is 13.3. The number of benzene rings is 3. The highest BCUT2D eigenvalue weighted by atomic mass is 16.5. The minimum Gasteiger partial charge on any atom is -0.488 e. The smallest absolute Gasteiger partial charge is 0.264 e. The zero-order valence-electron chi connectivity index (χ0n) is 27.4. The van der Waals surface area contributed by atoms with Crippen molar-refractivity contribution >= 4 is 35.5 Å². The lowest BCUT2D eigenvalue weighted by atomic mass is 9.91. The number of aryl methyl sites for hydroxylation is 1. The molecule has 3 aromatic carbocycles. The molecule has 12 heteroatoms. The van der Waals surface area contributed by atoms with Gasteiger partial charge in [-0.15, -0.1) is 0 Å². The van der Waals surface area contributed by atoms with Crippen LogP contribution in [0, 0.1) is 17.7 Å². The van der Waals surface area contributed by atoms with Crippen molar-refractivity contribution in [2.45, 2.75) is 38.5 Å². The molecule has 0 spiro atoms. The van der Waals surface area contributed by atoms with Gasteiger partial charge in [-0.2, -0.15) is 0 Å². The van der Waals surface area contributed by atoms with Gasteiger partial charge in [0.25, 0.3) is 11.5 Å². The summed E-state index contributed by atoms with van der Waals surface area (Å²) in [5, 5.41) is 33.0. The summed E-state index contributed by atoms with van der Waals surface area (Å²) in [5.41, 5.74) is 2.56. The number of carbonyl (C=O) groups excluding carboxylic acids is 1. The molecule has 5 rings (SSSR count). The number of nitrogens with zero attached hydrogens (tertiary/aromatic N) is 3. The van der Waals surface area contributed by atoms with Crippen LogP contribution in [-0.4, -0.2) is 69.8 Å².